The zero-order chi connectivity index (χ0) is 20.4. The van der Waals surface area contributed by atoms with Crippen LogP contribution in [-0.4, -0.2) is 46.0 Å². The molecule has 0 spiro atoms. The van der Waals surface area contributed by atoms with Gasteiger partial charge >= 0.3 is 11.7 Å². The number of carbonyl (C=O) groups is 1. The van der Waals surface area contributed by atoms with Crippen LogP contribution in [0.2, 0.25) is 0 Å². The molecule has 1 N–H and O–H groups in total. The Labute approximate surface area is 169 Å². The molecule has 0 amide bonds. The number of ether oxygens (including phenoxy) is 1. The molecule has 1 saturated heterocycles. The first-order chi connectivity index (χ1) is 14.1. The summed E-state index contributed by atoms with van der Waals surface area (Å²) < 4.78 is 5.77. The number of anilines is 3. The van der Waals surface area contributed by atoms with E-state index in [2.05, 4.69) is 20.3 Å². The van der Waals surface area contributed by atoms with E-state index in [-0.39, 0.29) is 29.2 Å². The second kappa shape index (κ2) is 7.95. The van der Waals surface area contributed by atoms with Gasteiger partial charge in [0, 0.05) is 13.1 Å². The maximum absolute atomic E-state index is 11.8. The zero-order valence-corrected chi connectivity index (χ0v) is 16.4. The highest BCUT2D eigenvalue weighted by molar-refractivity contribution is 7.22. The van der Waals surface area contributed by atoms with Crippen molar-refractivity contribution < 1.29 is 14.5 Å². The van der Waals surface area contributed by atoms with E-state index in [9.17, 15) is 14.9 Å². The first-order valence-corrected chi connectivity index (χ1v) is 9.83. The van der Waals surface area contributed by atoms with Crippen LogP contribution in [0.4, 0.5) is 22.5 Å². The van der Waals surface area contributed by atoms with Crippen molar-refractivity contribution in [3.05, 3.63) is 40.7 Å². The number of aromatic nitrogens is 3. The van der Waals surface area contributed by atoms with E-state index in [1.165, 1.54) is 24.8 Å². The number of nitrogens with zero attached hydrogens (tertiary/aromatic N) is 5. The van der Waals surface area contributed by atoms with Crippen LogP contribution in [0.5, 0.6) is 0 Å². The number of piperidine rings is 1. The fourth-order valence-electron chi connectivity index (χ4n) is 3.38. The van der Waals surface area contributed by atoms with Crippen molar-refractivity contribution in [2.45, 2.75) is 12.8 Å². The summed E-state index contributed by atoms with van der Waals surface area (Å²) in [5.41, 5.74) is 0.602. The Bertz CT molecular complexity index is 1030. The molecule has 3 aromatic rings. The van der Waals surface area contributed by atoms with Crippen molar-refractivity contribution in [3.63, 3.8) is 0 Å². The molecular formula is C18H18N6O4S. The Hall–Kier alpha value is -3.34. The van der Waals surface area contributed by atoms with Gasteiger partial charge in [0.15, 0.2) is 5.13 Å². The van der Waals surface area contributed by atoms with Crippen molar-refractivity contribution in [1.82, 2.24) is 15.0 Å². The van der Waals surface area contributed by atoms with Gasteiger partial charge in [0.25, 0.3) is 0 Å². The SMILES string of the molecule is COC(=O)C1CCN(c2ncnc(Nc3nc4ccccc4s3)c2[N+](=O)[O-])CC1. The lowest BCUT2D eigenvalue weighted by molar-refractivity contribution is -0.383. The minimum absolute atomic E-state index is 0.0918. The van der Waals surface area contributed by atoms with Gasteiger partial charge in [-0.3, -0.25) is 14.9 Å². The third-order valence-corrected chi connectivity index (χ3v) is 5.79. The number of rotatable bonds is 5. The van der Waals surface area contributed by atoms with E-state index < -0.39 is 4.92 Å². The molecule has 0 aliphatic carbocycles. The third kappa shape index (κ3) is 3.81. The zero-order valence-electron chi connectivity index (χ0n) is 15.6. The van der Waals surface area contributed by atoms with Gasteiger partial charge in [0.1, 0.15) is 6.33 Å². The highest BCUT2D eigenvalue weighted by atomic mass is 32.1. The number of esters is 1. The van der Waals surface area contributed by atoms with Crippen molar-refractivity contribution >= 4 is 50.0 Å². The van der Waals surface area contributed by atoms with Gasteiger partial charge in [-0.15, -0.1) is 0 Å². The van der Waals surface area contributed by atoms with Crippen molar-refractivity contribution in [3.8, 4) is 0 Å². The maximum Gasteiger partial charge on any atom is 0.353 e. The monoisotopic (exact) mass is 414 g/mol. The molecule has 0 atom stereocenters. The average molecular weight is 414 g/mol. The summed E-state index contributed by atoms with van der Waals surface area (Å²) in [7, 11) is 1.37. The number of benzene rings is 1. The summed E-state index contributed by atoms with van der Waals surface area (Å²) in [6.45, 7) is 0.941. The lowest BCUT2D eigenvalue weighted by Gasteiger charge is -2.31. The van der Waals surface area contributed by atoms with Crippen LogP contribution < -0.4 is 10.2 Å². The molecule has 1 aliphatic heterocycles. The van der Waals surface area contributed by atoms with Gasteiger partial charge in [-0.2, -0.15) is 0 Å². The Morgan fingerprint density at radius 3 is 2.76 bits per heavy atom. The number of hydrogen-bond acceptors (Lipinski definition) is 10. The van der Waals surface area contributed by atoms with Crippen molar-refractivity contribution in [2.75, 3.05) is 30.4 Å². The molecule has 1 aromatic carbocycles. The summed E-state index contributed by atoms with van der Waals surface area (Å²) in [6, 6.07) is 7.61. The van der Waals surface area contributed by atoms with E-state index in [0.29, 0.717) is 31.1 Å². The number of methoxy groups -OCH3 is 1. The van der Waals surface area contributed by atoms with Gasteiger partial charge in [-0.25, -0.2) is 15.0 Å². The molecule has 1 fully saturated rings. The molecule has 1 aliphatic rings. The van der Waals surface area contributed by atoms with E-state index in [4.69, 9.17) is 4.74 Å². The number of carbonyl (C=O) groups excluding carboxylic acids is 1. The quantitative estimate of drug-likeness (QED) is 0.381. The highest BCUT2D eigenvalue weighted by Crippen LogP contribution is 2.37. The smallest absolute Gasteiger partial charge is 0.353 e. The summed E-state index contributed by atoms with van der Waals surface area (Å²) in [5.74, 6) is -0.122. The van der Waals surface area contributed by atoms with Crippen LogP contribution in [-0.2, 0) is 9.53 Å². The van der Waals surface area contributed by atoms with E-state index in [0.717, 1.165) is 10.2 Å². The second-order valence-corrected chi connectivity index (χ2v) is 7.58. The minimum atomic E-state index is -0.489. The molecule has 3 heterocycles. The first kappa shape index (κ1) is 19.0. The lowest BCUT2D eigenvalue weighted by atomic mass is 9.97. The van der Waals surface area contributed by atoms with Crippen LogP contribution in [0.3, 0.4) is 0 Å². The number of thiazole rings is 1. The summed E-state index contributed by atoms with van der Waals surface area (Å²) >= 11 is 1.39. The van der Waals surface area contributed by atoms with E-state index in [1.54, 1.807) is 0 Å². The molecule has 0 saturated carbocycles. The van der Waals surface area contributed by atoms with Crippen molar-refractivity contribution in [2.24, 2.45) is 5.92 Å². The number of hydrogen-bond donors (Lipinski definition) is 1. The van der Waals surface area contributed by atoms with Crippen LogP contribution in [0.1, 0.15) is 12.8 Å². The summed E-state index contributed by atoms with van der Waals surface area (Å²) in [4.78, 5) is 37.6. The third-order valence-electron chi connectivity index (χ3n) is 4.83. The van der Waals surface area contributed by atoms with Crippen LogP contribution in [0.15, 0.2) is 30.6 Å². The summed E-state index contributed by atoms with van der Waals surface area (Å²) in [5, 5.41) is 15.3. The fraction of sp³-hybridized carbons (Fsp3) is 0.333. The first-order valence-electron chi connectivity index (χ1n) is 9.01. The number of nitro groups is 1. The van der Waals surface area contributed by atoms with Gasteiger partial charge in [0.05, 0.1) is 28.2 Å². The van der Waals surface area contributed by atoms with Gasteiger partial charge in [0.2, 0.25) is 11.6 Å². The molecular weight excluding hydrogens is 396 g/mol. The van der Waals surface area contributed by atoms with Crippen molar-refractivity contribution in [1.29, 1.82) is 0 Å². The topological polar surface area (TPSA) is 123 Å². The molecule has 11 heteroatoms. The normalized spacial score (nSPS) is 14.7. The van der Waals surface area contributed by atoms with Crippen LogP contribution >= 0.6 is 11.3 Å². The molecule has 150 valence electrons. The van der Waals surface area contributed by atoms with Gasteiger partial charge in [-0.1, -0.05) is 23.5 Å². The number of para-hydroxylation sites is 1. The second-order valence-electron chi connectivity index (χ2n) is 6.55. The van der Waals surface area contributed by atoms with Gasteiger partial charge in [-0.05, 0) is 25.0 Å². The van der Waals surface area contributed by atoms with E-state index >= 15 is 0 Å². The number of fused-ring (bicyclic) bond motifs is 1. The molecule has 29 heavy (non-hydrogen) atoms. The Morgan fingerprint density at radius 1 is 1.31 bits per heavy atom. The largest absolute Gasteiger partial charge is 0.469 e. The lowest BCUT2D eigenvalue weighted by Crippen LogP contribution is -2.37. The number of nitrogens with one attached hydrogen (secondary N) is 1. The molecule has 4 rings (SSSR count). The molecule has 2 aromatic heterocycles. The predicted octanol–water partition coefficient (Wildman–Crippen LogP) is 3.13. The van der Waals surface area contributed by atoms with Crippen LogP contribution in [0.25, 0.3) is 10.2 Å². The Balaban J connectivity index is 1.61. The van der Waals surface area contributed by atoms with Gasteiger partial charge < -0.3 is 15.0 Å². The molecule has 0 radical (unpaired) electrons. The molecule has 0 bridgehead atoms. The predicted molar refractivity (Wildman–Crippen MR) is 109 cm³/mol. The Morgan fingerprint density at radius 2 is 2.07 bits per heavy atom. The average Bonchev–Trinajstić information content (AvgIpc) is 3.15. The summed E-state index contributed by atoms with van der Waals surface area (Å²) in [6.07, 6.45) is 2.40. The highest BCUT2D eigenvalue weighted by Gasteiger charge is 2.32. The standard InChI is InChI=1S/C18H18N6O4S/c1-28-17(25)11-6-8-23(9-7-11)16-14(24(26)27)15(19-10-20-16)22-18-21-12-4-2-3-5-13(12)29-18/h2-5,10-11H,6-9H2,1H3,(H,19,20,21,22). The Kier molecular flexibility index (Phi) is 5.21. The molecule has 10 nitrogen and oxygen atoms in total. The molecule has 0 unspecified atom stereocenters. The fourth-order valence-corrected chi connectivity index (χ4v) is 4.25. The minimum Gasteiger partial charge on any atom is -0.469 e. The maximum atomic E-state index is 11.8. The van der Waals surface area contributed by atoms with Crippen LogP contribution in [0, 0.1) is 16.0 Å². The van der Waals surface area contributed by atoms with E-state index in [1.807, 2.05) is 29.2 Å².